The molecule has 0 aromatic heterocycles. The standard InChI is InChI=1S/C12H24/c1-6-9-11(5)12(8-3)10(4)7-2/h10H,6-9H2,1-5H3. The Morgan fingerprint density at radius 2 is 1.75 bits per heavy atom. The van der Waals surface area contributed by atoms with Gasteiger partial charge in [-0.1, -0.05) is 45.3 Å². The molecule has 1 atom stereocenters. The third-order valence-electron chi connectivity index (χ3n) is 2.76. The van der Waals surface area contributed by atoms with E-state index in [1.165, 1.54) is 25.7 Å². The monoisotopic (exact) mass is 168 g/mol. The minimum atomic E-state index is 0.793. The topological polar surface area (TPSA) is 0 Å². The van der Waals surface area contributed by atoms with Crippen LogP contribution in [0.1, 0.15) is 60.3 Å². The van der Waals surface area contributed by atoms with Gasteiger partial charge in [-0.3, -0.25) is 0 Å². The van der Waals surface area contributed by atoms with E-state index in [9.17, 15) is 0 Å². The van der Waals surface area contributed by atoms with Crippen molar-refractivity contribution in [3.8, 4) is 0 Å². The van der Waals surface area contributed by atoms with Crippen LogP contribution in [0.15, 0.2) is 11.1 Å². The Hall–Kier alpha value is -0.260. The minimum absolute atomic E-state index is 0.793. The van der Waals surface area contributed by atoms with Crippen molar-refractivity contribution in [2.75, 3.05) is 0 Å². The highest BCUT2D eigenvalue weighted by atomic mass is 14.1. The van der Waals surface area contributed by atoms with E-state index in [0.29, 0.717) is 0 Å². The molecule has 0 heteroatoms. The Labute approximate surface area is 78.1 Å². The normalized spacial score (nSPS) is 15.8. The van der Waals surface area contributed by atoms with Gasteiger partial charge < -0.3 is 0 Å². The van der Waals surface area contributed by atoms with Crippen LogP contribution in [0.25, 0.3) is 0 Å². The van der Waals surface area contributed by atoms with Gasteiger partial charge in [-0.25, -0.2) is 0 Å². The van der Waals surface area contributed by atoms with E-state index >= 15 is 0 Å². The van der Waals surface area contributed by atoms with E-state index in [4.69, 9.17) is 0 Å². The highest BCUT2D eigenvalue weighted by Gasteiger charge is 2.06. The second-order valence-corrected chi connectivity index (χ2v) is 3.72. The summed E-state index contributed by atoms with van der Waals surface area (Å²) in [5.74, 6) is 0.793. The van der Waals surface area contributed by atoms with E-state index in [1.807, 2.05) is 0 Å². The average Bonchev–Trinajstić information content (AvgIpc) is 2.06. The van der Waals surface area contributed by atoms with Crippen LogP contribution in [-0.2, 0) is 0 Å². The molecule has 0 fully saturated rings. The van der Waals surface area contributed by atoms with Crippen LogP contribution in [0.2, 0.25) is 0 Å². The molecule has 0 aromatic carbocycles. The summed E-state index contributed by atoms with van der Waals surface area (Å²) in [7, 11) is 0. The predicted octanol–water partition coefficient (Wildman–Crippen LogP) is 4.56. The van der Waals surface area contributed by atoms with Crippen molar-refractivity contribution in [3.63, 3.8) is 0 Å². The van der Waals surface area contributed by atoms with Crippen molar-refractivity contribution in [1.29, 1.82) is 0 Å². The molecular formula is C12H24. The Morgan fingerprint density at radius 1 is 1.17 bits per heavy atom. The van der Waals surface area contributed by atoms with Gasteiger partial charge in [0.25, 0.3) is 0 Å². The van der Waals surface area contributed by atoms with Crippen LogP contribution >= 0.6 is 0 Å². The van der Waals surface area contributed by atoms with Crippen LogP contribution in [0.4, 0.5) is 0 Å². The van der Waals surface area contributed by atoms with E-state index in [0.717, 1.165) is 5.92 Å². The van der Waals surface area contributed by atoms with Crippen LogP contribution in [0, 0.1) is 5.92 Å². The molecule has 0 N–H and O–H groups in total. The van der Waals surface area contributed by atoms with Crippen LogP contribution in [-0.4, -0.2) is 0 Å². The Morgan fingerprint density at radius 3 is 2.08 bits per heavy atom. The summed E-state index contributed by atoms with van der Waals surface area (Å²) in [5.41, 5.74) is 3.33. The van der Waals surface area contributed by atoms with E-state index in [2.05, 4.69) is 34.6 Å². The van der Waals surface area contributed by atoms with Crippen molar-refractivity contribution in [2.24, 2.45) is 5.92 Å². The summed E-state index contributed by atoms with van der Waals surface area (Å²) in [6.07, 6.45) is 5.09. The molecular weight excluding hydrogens is 144 g/mol. The zero-order chi connectivity index (χ0) is 9.56. The van der Waals surface area contributed by atoms with Crippen LogP contribution in [0.5, 0.6) is 0 Å². The zero-order valence-corrected chi connectivity index (χ0v) is 9.41. The van der Waals surface area contributed by atoms with E-state index < -0.39 is 0 Å². The van der Waals surface area contributed by atoms with Gasteiger partial charge in [0.15, 0.2) is 0 Å². The quantitative estimate of drug-likeness (QED) is 0.528. The third-order valence-corrected chi connectivity index (χ3v) is 2.76. The summed E-state index contributed by atoms with van der Waals surface area (Å²) >= 11 is 0. The molecule has 0 saturated heterocycles. The molecule has 0 aliphatic carbocycles. The lowest BCUT2D eigenvalue weighted by atomic mass is 9.90. The second kappa shape index (κ2) is 6.28. The van der Waals surface area contributed by atoms with E-state index in [1.54, 1.807) is 11.1 Å². The minimum Gasteiger partial charge on any atom is -0.0739 e. The lowest BCUT2D eigenvalue weighted by Crippen LogP contribution is -2.00. The lowest BCUT2D eigenvalue weighted by molar-refractivity contribution is 0.618. The van der Waals surface area contributed by atoms with Gasteiger partial charge in [-0.2, -0.15) is 0 Å². The molecule has 0 bridgehead atoms. The summed E-state index contributed by atoms with van der Waals surface area (Å²) < 4.78 is 0. The number of hydrogen-bond donors (Lipinski definition) is 0. The molecule has 0 radical (unpaired) electrons. The summed E-state index contributed by atoms with van der Waals surface area (Å²) in [6.45, 7) is 11.5. The lowest BCUT2D eigenvalue weighted by Gasteiger charge is -2.16. The SMILES string of the molecule is CCCC(C)=C(CC)C(C)CC. The maximum Gasteiger partial charge on any atom is -0.0232 e. The molecule has 12 heavy (non-hydrogen) atoms. The molecule has 0 rings (SSSR count). The Balaban J connectivity index is 4.37. The van der Waals surface area contributed by atoms with Gasteiger partial charge in [0.2, 0.25) is 0 Å². The molecule has 0 saturated carbocycles. The third kappa shape index (κ3) is 3.42. The van der Waals surface area contributed by atoms with Crippen molar-refractivity contribution in [2.45, 2.75) is 60.3 Å². The highest BCUT2D eigenvalue weighted by molar-refractivity contribution is 5.14. The summed E-state index contributed by atoms with van der Waals surface area (Å²) in [6, 6.07) is 0. The second-order valence-electron chi connectivity index (χ2n) is 3.72. The molecule has 0 aliphatic rings. The Kier molecular flexibility index (Phi) is 6.14. The largest absolute Gasteiger partial charge is 0.0739 e. The van der Waals surface area contributed by atoms with Gasteiger partial charge >= 0.3 is 0 Å². The molecule has 0 aromatic rings. The molecule has 0 aliphatic heterocycles. The van der Waals surface area contributed by atoms with E-state index in [-0.39, 0.29) is 0 Å². The first-order valence-electron chi connectivity index (χ1n) is 5.35. The molecule has 72 valence electrons. The van der Waals surface area contributed by atoms with Crippen molar-refractivity contribution < 1.29 is 0 Å². The number of rotatable bonds is 5. The first-order valence-corrected chi connectivity index (χ1v) is 5.35. The van der Waals surface area contributed by atoms with Crippen molar-refractivity contribution >= 4 is 0 Å². The smallest absolute Gasteiger partial charge is 0.0232 e. The van der Waals surface area contributed by atoms with Gasteiger partial charge in [0, 0.05) is 0 Å². The van der Waals surface area contributed by atoms with Gasteiger partial charge in [-0.05, 0) is 32.1 Å². The maximum absolute atomic E-state index is 2.35. The predicted molar refractivity (Wildman–Crippen MR) is 57.4 cm³/mol. The summed E-state index contributed by atoms with van der Waals surface area (Å²) in [5, 5.41) is 0. The summed E-state index contributed by atoms with van der Waals surface area (Å²) in [4.78, 5) is 0. The highest BCUT2D eigenvalue weighted by Crippen LogP contribution is 2.23. The fraction of sp³-hybridized carbons (Fsp3) is 0.833. The molecule has 0 heterocycles. The van der Waals surface area contributed by atoms with Gasteiger partial charge in [-0.15, -0.1) is 0 Å². The zero-order valence-electron chi connectivity index (χ0n) is 9.41. The maximum atomic E-state index is 2.35. The van der Waals surface area contributed by atoms with Crippen LogP contribution in [0.3, 0.4) is 0 Å². The fourth-order valence-electron chi connectivity index (χ4n) is 1.85. The molecule has 0 amide bonds. The fourth-order valence-corrected chi connectivity index (χ4v) is 1.85. The van der Waals surface area contributed by atoms with Crippen molar-refractivity contribution in [3.05, 3.63) is 11.1 Å². The molecule has 1 unspecified atom stereocenters. The Bertz CT molecular complexity index is 142. The number of allylic oxidation sites excluding steroid dienone is 2. The average molecular weight is 168 g/mol. The van der Waals surface area contributed by atoms with Gasteiger partial charge in [0.05, 0.1) is 0 Å². The number of hydrogen-bond acceptors (Lipinski definition) is 0. The first kappa shape index (κ1) is 11.7. The van der Waals surface area contributed by atoms with Crippen LogP contribution < -0.4 is 0 Å². The van der Waals surface area contributed by atoms with Crippen molar-refractivity contribution in [1.82, 2.24) is 0 Å². The molecule has 0 spiro atoms. The van der Waals surface area contributed by atoms with Gasteiger partial charge in [0.1, 0.15) is 0 Å². The first-order chi connectivity index (χ1) is 5.67. The molecule has 0 nitrogen and oxygen atoms in total.